The first-order chi connectivity index (χ1) is 8.84. The molecule has 88 valence electrons. The Morgan fingerprint density at radius 1 is 1.11 bits per heavy atom. The molecule has 0 aliphatic rings. The maximum absolute atomic E-state index is 12.0. The summed E-state index contributed by atoms with van der Waals surface area (Å²) in [5, 5.41) is 5.76. The topological polar surface area (TPSA) is 42.0 Å². The van der Waals surface area contributed by atoms with E-state index >= 15 is 0 Å². The van der Waals surface area contributed by atoms with Gasteiger partial charge in [0.1, 0.15) is 0 Å². The molecular weight excluding hydrogens is 244 g/mol. The highest BCUT2D eigenvalue weighted by molar-refractivity contribution is 7.12. The molecule has 0 aliphatic heterocycles. The summed E-state index contributed by atoms with van der Waals surface area (Å²) in [6.45, 7) is 0. The summed E-state index contributed by atoms with van der Waals surface area (Å²) in [6.07, 6.45) is 1.74. The van der Waals surface area contributed by atoms with Crippen molar-refractivity contribution in [3.8, 4) is 0 Å². The average molecular weight is 254 g/mol. The van der Waals surface area contributed by atoms with Crippen molar-refractivity contribution in [1.29, 1.82) is 0 Å². The number of anilines is 1. The van der Waals surface area contributed by atoms with Gasteiger partial charge in [-0.05, 0) is 35.7 Å². The number of nitrogens with zero attached hydrogens (tertiary/aromatic N) is 1. The molecule has 0 fully saturated rings. The lowest BCUT2D eigenvalue weighted by Crippen LogP contribution is -2.10. The Hall–Kier alpha value is -2.20. The second-order valence-electron chi connectivity index (χ2n) is 3.81. The van der Waals surface area contributed by atoms with Gasteiger partial charge in [0, 0.05) is 11.6 Å². The van der Waals surface area contributed by atoms with Gasteiger partial charge in [-0.2, -0.15) is 0 Å². The molecule has 3 nitrogen and oxygen atoms in total. The number of hydrogen-bond acceptors (Lipinski definition) is 3. The van der Waals surface area contributed by atoms with E-state index in [1.165, 1.54) is 11.3 Å². The molecule has 1 amide bonds. The molecule has 18 heavy (non-hydrogen) atoms. The predicted molar refractivity (Wildman–Crippen MR) is 74.0 cm³/mol. The van der Waals surface area contributed by atoms with E-state index in [9.17, 15) is 4.79 Å². The quantitative estimate of drug-likeness (QED) is 0.760. The Kier molecular flexibility index (Phi) is 2.78. The van der Waals surface area contributed by atoms with Gasteiger partial charge in [0.25, 0.3) is 5.91 Å². The molecule has 0 saturated heterocycles. The molecule has 0 radical (unpaired) electrons. The number of rotatable bonds is 2. The first-order valence-corrected chi connectivity index (χ1v) is 6.41. The smallest absolute Gasteiger partial charge is 0.265 e. The van der Waals surface area contributed by atoms with Crippen LogP contribution in [0.3, 0.4) is 0 Å². The highest BCUT2D eigenvalue weighted by atomic mass is 32.1. The van der Waals surface area contributed by atoms with E-state index in [1.807, 2.05) is 47.8 Å². The lowest BCUT2D eigenvalue weighted by molar-refractivity contribution is 0.103. The number of nitrogens with one attached hydrogen (secondary N) is 1. The van der Waals surface area contributed by atoms with Crippen molar-refractivity contribution in [3.05, 3.63) is 58.9 Å². The molecule has 0 saturated carbocycles. The molecule has 0 bridgehead atoms. The summed E-state index contributed by atoms with van der Waals surface area (Å²) >= 11 is 1.43. The number of aromatic nitrogens is 1. The minimum Gasteiger partial charge on any atom is -0.321 e. The van der Waals surface area contributed by atoms with Crippen LogP contribution in [0.4, 0.5) is 5.69 Å². The number of carbonyl (C=O) groups is 1. The van der Waals surface area contributed by atoms with Crippen LogP contribution in [0.5, 0.6) is 0 Å². The van der Waals surface area contributed by atoms with Gasteiger partial charge in [-0.25, -0.2) is 0 Å². The molecule has 4 heteroatoms. The van der Waals surface area contributed by atoms with Gasteiger partial charge in [-0.1, -0.05) is 12.1 Å². The van der Waals surface area contributed by atoms with E-state index in [0.717, 1.165) is 16.6 Å². The summed E-state index contributed by atoms with van der Waals surface area (Å²) in [5.41, 5.74) is 1.67. The highest BCUT2D eigenvalue weighted by Gasteiger charge is 2.08. The van der Waals surface area contributed by atoms with Gasteiger partial charge >= 0.3 is 0 Å². The van der Waals surface area contributed by atoms with Crippen LogP contribution in [0.2, 0.25) is 0 Å². The number of carbonyl (C=O) groups excluding carboxylic acids is 1. The summed E-state index contributed by atoms with van der Waals surface area (Å²) in [6, 6.07) is 13.2. The summed E-state index contributed by atoms with van der Waals surface area (Å²) in [7, 11) is 0. The van der Waals surface area contributed by atoms with Crippen molar-refractivity contribution in [2.45, 2.75) is 0 Å². The fourth-order valence-corrected chi connectivity index (χ4v) is 2.42. The normalized spacial score (nSPS) is 10.4. The van der Waals surface area contributed by atoms with E-state index in [-0.39, 0.29) is 5.91 Å². The standard InChI is InChI=1S/C14H10N2OS/c17-14(13-7-3-9-18-13)16-12-6-1-5-11-10(12)4-2-8-15-11/h1-9H,(H,16,17). The summed E-state index contributed by atoms with van der Waals surface area (Å²) in [4.78, 5) is 17.0. The average Bonchev–Trinajstić information content (AvgIpc) is 2.93. The molecule has 3 aromatic rings. The van der Waals surface area contributed by atoms with Crippen molar-refractivity contribution in [2.24, 2.45) is 0 Å². The lowest BCUT2D eigenvalue weighted by Gasteiger charge is -2.06. The van der Waals surface area contributed by atoms with E-state index in [2.05, 4.69) is 10.3 Å². The Labute approximate surface area is 108 Å². The van der Waals surface area contributed by atoms with Gasteiger partial charge < -0.3 is 5.32 Å². The summed E-state index contributed by atoms with van der Waals surface area (Å²) < 4.78 is 0. The molecule has 1 N–H and O–H groups in total. The van der Waals surface area contributed by atoms with E-state index < -0.39 is 0 Å². The minimum absolute atomic E-state index is 0.0821. The molecule has 0 aliphatic carbocycles. The third kappa shape index (κ3) is 1.98. The molecule has 2 heterocycles. The van der Waals surface area contributed by atoms with Gasteiger partial charge in [-0.3, -0.25) is 9.78 Å². The minimum atomic E-state index is -0.0821. The first-order valence-electron chi connectivity index (χ1n) is 5.53. The maximum Gasteiger partial charge on any atom is 0.265 e. The van der Waals surface area contributed by atoms with Crippen LogP contribution >= 0.6 is 11.3 Å². The number of benzene rings is 1. The zero-order chi connectivity index (χ0) is 12.4. The van der Waals surface area contributed by atoms with Gasteiger partial charge in [0.05, 0.1) is 16.1 Å². The first kappa shape index (κ1) is 10.9. The van der Waals surface area contributed by atoms with E-state index in [0.29, 0.717) is 4.88 Å². The second kappa shape index (κ2) is 4.58. The third-order valence-corrected chi connectivity index (χ3v) is 3.51. The number of amides is 1. The van der Waals surface area contributed by atoms with Crippen LogP contribution < -0.4 is 5.32 Å². The van der Waals surface area contributed by atoms with E-state index in [1.54, 1.807) is 6.20 Å². The van der Waals surface area contributed by atoms with Crippen molar-refractivity contribution in [1.82, 2.24) is 4.98 Å². The molecule has 0 atom stereocenters. The van der Waals surface area contributed by atoms with Gasteiger partial charge in [0.15, 0.2) is 0 Å². The van der Waals surface area contributed by atoms with Crippen LogP contribution in [0.15, 0.2) is 54.0 Å². The van der Waals surface area contributed by atoms with Crippen LogP contribution in [-0.4, -0.2) is 10.9 Å². The van der Waals surface area contributed by atoms with Gasteiger partial charge in [-0.15, -0.1) is 11.3 Å². The Morgan fingerprint density at radius 2 is 2.06 bits per heavy atom. The fraction of sp³-hybridized carbons (Fsp3) is 0. The van der Waals surface area contributed by atoms with Crippen LogP contribution in [0.25, 0.3) is 10.9 Å². The SMILES string of the molecule is O=C(Nc1cccc2ncccc12)c1cccs1. The van der Waals surface area contributed by atoms with Crippen LogP contribution in [0, 0.1) is 0 Å². The highest BCUT2D eigenvalue weighted by Crippen LogP contribution is 2.22. The predicted octanol–water partition coefficient (Wildman–Crippen LogP) is 3.55. The van der Waals surface area contributed by atoms with Crippen molar-refractivity contribution in [3.63, 3.8) is 0 Å². The number of thiophene rings is 1. The molecule has 0 unspecified atom stereocenters. The van der Waals surface area contributed by atoms with E-state index in [4.69, 9.17) is 0 Å². The lowest BCUT2D eigenvalue weighted by atomic mass is 10.2. The molecule has 3 rings (SSSR count). The van der Waals surface area contributed by atoms with Crippen LogP contribution in [-0.2, 0) is 0 Å². The molecule has 0 spiro atoms. The zero-order valence-corrected chi connectivity index (χ0v) is 10.3. The molecular formula is C14H10N2OS. The van der Waals surface area contributed by atoms with Gasteiger partial charge in [0.2, 0.25) is 0 Å². The van der Waals surface area contributed by atoms with Crippen LogP contribution in [0.1, 0.15) is 9.67 Å². The largest absolute Gasteiger partial charge is 0.321 e. The van der Waals surface area contributed by atoms with Crippen molar-refractivity contribution < 1.29 is 4.79 Å². The number of fused-ring (bicyclic) bond motifs is 1. The Morgan fingerprint density at radius 3 is 2.89 bits per heavy atom. The maximum atomic E-state index is 12.0. The van der Waals surface area contributed by atoms with Crippen molar-refractivity contribution >= 4 is 33.8 Å². The number of hydrogen-bond donors (Lipinski definition) is 1. The molecule has 1 aromatic carbocycles. The monoisotopic (exact) mass is 254 g/mol. The zero-order valence-electron chi connectivity index (χ0n) is 9.46. The Bertz CT molecular complexity index is 687. The number of pyridine rings is 1. The fourth-order valence-electron chi connectivity index (χ4n) is 1.80. The third-order valence-electron chi connectivity index (χ3n) is 2.64. The molecule has 2 aromatic heterocycles. The van der Waals surface area contributed by atoms with Crippen molar-refractivity contribution in [2.75, 3.05) is 5.32 Å². The second-order valence-corrected chi connectivity index (χ2v) is 4.75. The summed E-state index contributed by atoms with van der Waals surface area (Å²) in [5.74, 6) is -0.0821. The Balaban J connectivity index is 1.98.